The maximum Gasteiger partial charge on any atom is 0.193 e. The standard InChI is InChI=1S/C30H40O4/c1-19-17-30(8,24-14-20(12-13-23(19)24)15-25(31)28(4,5)33)18-27(2,3)22-11-9-10-21(16-22)26(32)29(6,7)34/h9-14,16,19,33-34H,15,17-18H2,1-8H3. The molecule has 2 atom stereocenters. The second kappa shape index (κ2) is 8.73. The highest BCUT2D eigenvalue weighted by Gasteiger charge is 2.43. The smallest absolute Gasteiger partial charge is 0.193 e. The molecule has 2 aromatic rings. The topological polar surface area (TPSA) is 74.6 Å². The monoisotopic (exact) mass is 464 g/mol. The van der Waals surface area contributed by atoms with Gasteiger partial charge in [0.25, 0.3) is 0 Å². The zero-order chi connectivity index (χ0) is 25.7. The largest absolute Gasteiger partial charge is 0.383 e. The summed E-state index contributed by atoms with van der Waals surface area (Å²) in [5.74, 6) is -0.0518. The van der Waals surface area contributed by atoms with Crippen molar-refractivity contribution in [2.75, 3.05) is 0 Å². The number of benzene rings is 2. The van der Waals surface area contributed by atoms with Gasteiger partial charge in [0.1, 0.15) is 11.2 Å². The van der Waals surface area contributed by atoms with E-state index in [9.17, 15) is 19.8 Å². The second-order valence-corrected chi connectivity index (χ2v) is 12.3. The number of fused-ring (bicyclic) bond motifs is 1. The van der Waals surface area contributed by atoms with E-state index in [1.165, 1.54) is 38.8 Å². The van der Waals surface area contributed by atoms with Crippen molar-refractivity contribution in [1.29, 1.82) is 0 Å². The van der Waals surface area contributed by atoms with Crippen LogP contribution in [0.15, 0.2) is 42.5 Å². The van der Waals surface area contributed by atoms with Crippen LogP contribution in [-0.2, 0) is 22.0 Å². The Morgan fingerprint density at radius 2 is 1.62 bits per heavy atom. The first-order chi connectivity index (χ1) is 15.4. The van der Waals surface area contributed by atoms with Crippen LogP contribution < -0.4 is 0 Å². The van der Waals surface area contributed by atoms with Gasteiger partial charge in [-0.25, -0.2) is 0 Å². The molecule has 0 radical (unpaired) electrons. The molecule has 0 saturated heterocycles. The minimum absolute atomic E-state index is 0.0949. The Morgan fingerprint density at radius 3 is 2.21 bits per heavy atom. The Hall–Kier alpha value is -2.30. The summed E-state index contributed by atoms with van der Waals surface area (Å²) in [4.78, 5) is 25.1. The van der Waals surface area contributed by atoms with Crippen molar-refractivity contribution >= 4 is 11.6 Å². The highest BCUT2D eigenvalue weighted by molar-refractivity contribution is 6.01. The number of rotatable bonds is 8. The van der Waals surface area contributed by atoms with Crippen LogP contribution in [0.3, 0.4) is 0 Å². The van der Waals surface area contributed by atoms with E-state index in [0.717, 1.165) is 24.0 Å². The molecule has 2 N–H and O–H groups in total. The Labute approximate surface area is 204 Å². The summed E-state index contributed by atoms with van der Waals surface area (Å²) in [5, 5.41) is 20.3. The van der Waals surface area contributed by atoms with Crippen molar-refractivity contribution in [2.24, 2.45) is 0 Å². The molecule has 0 heterocycles. The molecule has 4 heteroatoms. The van der Waals surface area contributed by atoms with E-state index in [2.05, 4.69) is 45.9 Å². The van der Waals surface area contributed by atoms with Crippen molar-refractivity contribution < 1.29 is 19.8 Å². The number of hydrogen-bond acceptors (Lipinski definition) is 4. The molecule has 0 fully saturated rings. The first kappa shape index (κ1) is 26.3. The van der Waals surface area contributed by atoms with Crippen molar-refractivity contribution in [3.8, 4) is 0 Å². The van der Waals surface area contributed by atoms with Gasteiger partial charge in [-0.2, -0.15) is 0 Å². The predicted molar refractivity (Wildman–Crippen MR) is 137 cm³/mol. The predicted octanol–water partition coefficient (Wildman–Crippen LogP) is 5.66. The van der Waals surface area contributed by atoms with E-state index in [1.807, 2.05) is 18.2 Å². The fourth-order valence-corrected chi connectivity index (χ4v) is 5.64. The van der Waals surface area contributed by atoms with Gasteiger partial charge in [-0.3, -0.25) is 9.59 Å². The summed E-state index contributed by atoms with van der Waals surface area (Å²) in [6.45, 7) is 15.1. The quantitative estimate of drug-likeness (QED) is 0.495. The van der Waals surface area contributed by atoms with Crippen molar-refractivity contribution in [3.05, 3.63) is 70.3 Å². The second-order valence-electron chi connectivity index (χ2n) is 12.3. The number of carbonyl (C=O) groups is 2. The van der Waals surface area contributed by atoms with E-state index < -0.39 is 11.2 Å². The van der Waals surface area contributed by atoms with Gasteiger partial charge in [0.05, 0.1) is 0 Å². The summed E-state index contributed by atoms with van der Waals surface area (Å²) in [6.07, 6.45) is 2.10. The Balaban J connectivity index is 1.94. The lowest BCUT2D eigenvalue weighted by Crippen LogP contribution is -2.33. The van der Waals surface area contributed by atoms with E-state index in [-0.39, 0.29) is 28.8 Å². The molecule has 0 spiro atoms. The van der Waals surface area contributed by atoms with Gasteiger partial charge in [0.2, 0.25) is 0 Å². The maximum atomic E-state index is 12.7. The molecular formula is C30H40O4. The van der Waals surface area contributed by atoms with Crippen LogP contribution in [0.4, 0.5) is 0 Å². The Bertz CT molecular complexity index is 1100. The molecule has 34 heavy (non-hydrogen) atoms. The molecular weight excluding hydrogens is 424 g/mol. The molecule has 1 aliphatic rings. The summed E-state index contributed by atoms with van der Waals surface area (Å²) in [5.41, 5.74) is 2.06. The summed E-state index contributed by atoms with van der Waals surface area (Å²) >= 11 is 0. The average molecular weight is 465 g/mol. The average Bonchev–Trinajstić information content (AvgIpc) is 2.95. The van der Waals surface area contributed by atoms with E-state index in [4.69, 9.17) is 0 Å². The lowest BCUT2D eigenvalue weighted by Gasteiger charge is -2.37. The van der Waals surface area contributed by atoms with Gasteiger partial charge < -0.3 is 10.2 Å². The minimum Gasteiger partial charge on any atom is -0.383 e. The molecule has 0 amide bonds. The molecule has 2 aromatic carbocycles. The summed E-state index contributed by atoms with van der Waals surface area (Å²) in [6, 6.07) is 14.0. The van der Waals surface area contributed by atoms with E-state index in [0.29, 0.717) is 11.5 Å². The highest BCUT2D eigenvalue weighted by Crippen LogP contribution is 2.52. The van der Waals surface area contributed by atoms with Crippen molar-refractivity contribution in [3.63, 3.8) is 0 Å². The van der Waals surface area contributed by atoms with Gasteiger partial charge in [-0.1, -0.05) is 64.1 Å². The zero-order valence-corrected chi connectivity index (χ0v) is 22.0. The molecule has 4 nitrogen and oxygen atoms in total. The molecule has 3 rings (SSSR count). The van der Waals surface area contributed by atoms with Crippen molar-refractivity contribution in [2.45, 2.75) is 103 Å². The maximum absolute atomic E-state index is 12.7. The van der Waals surface area contributed by atoms with Gasteiger partial charge in [-0.05, 0) is 85.6 Å². The lowest BCUT2D eigenvalue weighted by molar-refractivity contribution is -0.133. The number of carbonyl (C=O) groups excluding carboxylic acids is 2. The van der Waals surface area contributed by atoms with Crippen LogP contribution in [0.25, 0.3) is 0 Å². The molecule has 2 unspecified atom stereocenters. The van der Waals surface area contributed by atoms with Crippen LogP contribution in [0, 0.1) is 0 Å². The third-order valence-corrected chi connectivity index (χ3v) is 7.40. The summed E-state index contributed by atoms with van der Waals surface area (Å²) < 4.78 is 0. The molecule has 184 valence electrons. The van der Waals surface area contributed by atoms with Gasteiger partial charge >= 0.3 is 0 Å². The molecule has 0 saturated carbocycles. The van der Waals surface area contributed by atoms with Crippen LogP contribution in [0.2, 0.25) is 0 Å². The minimum atomic E-state index is -1.41. The van der Waals surface area contributed by atoms with Crippen LogP contribution in [-0.4, -0.2) is 33.0 Å². The zero-order valence-electron chi connectivity index (χ0n) is 22.0. The van der Waals surface area contributed by atoms with Crippen LogP contribution >= 0.6 is 0 Å². The molecule has 0 aromatic heterocycles. The number of ketones is 2. The SMILES string of the molecule is CC1CC(C)(CC(C)(C)c2cccc(C(=O)C(C)(C)O)c2)c2cc(CC(=O)C(C)(C)O)ccc21. The fourth-order valence-electron chi connectivity index (χ4n) is 5.64. The molecule has 0 aliphatic heterocycles. The van der Waals surface area contributed by atoms with E-state index >= 15 is 0 Å². The number of aliphatic hydroxyl groups is 2. The fraction of sp³-hybridized carbons (Fsp3) is 0.533. The van der Waals surface area contributed by atoms with Gasteiger partial charge in [0.15, 0.2) is 11.6 Å². The number of hydrogen-bond donors (Lipinski definition) is 2. The third-order valence-electron chi connectivity index (χ3n) is 7.40. The van der Waals surface area contributed by atoms with Crippen molar-refractivity contribution in [1.82, 2.24) is 0 Å². The first-order valence-electron chi connectivity index (χ1n) is 12.2. The third kappa shape index (κ3) is 5.34. The first-order valence-corrected chi connectivity index (χ1v) is 12.2. The van der Waals surface area contributed by atoms with Gasteiger partial charge in [0, 0.05) is 12.0 Å². The van der Waals surface area contributed by atoms with E-state index in [1.54, 1.807) is 6.07 Å². The molecule has 1 aliphatic carbocycles. The normalized spacial score (nSPS) is 20.8. The lowest BCUT2D eigenvalue weighted by atomic mass is 9.67. The summed E-state index contributed by atoms with van der Waals surface area (Å²) in [7, 11) is 0. The number of Topliss-reactive ketones (excluding diaryl/α,β-unsaturated/α-hetero) is 2. The molecule has 0 bridgehead atoms. The van der Waals surface area contributed by atoms with Gasteiger partial charge in [-0.15, -0.1) is 0 Å². The van der Waals surface area contributed by atoms with Crippen LogP contribution in [0.1, 0.15) is 107 Å². The Morgan fingerprint density at radius 1 is 0.971 bits per heavy atom. The van der Waals surface area contributed by atoms with Crippen LogP contribution in [0.5, 0.6) is 0 Å². The highest BCUT2D eigenvalue weighted by atomic mass is 16.3. The Kier molecular flexibility index (Phi) is 6.75.